The Morgan fingerprint density at radius 3 is 1.23 bits per heavy atom. The van der Waals surface area contributed by atoms with Crippen molar-refractivity contribution in [2.75, 3.05) is 39.6 Å². The van der Waals surface area contributed by atoms with Gasteiger partial charge in [-0.2, -0.15) is 0 Å². The van der Waals surface area contributed by atoms with E-state index >= 15 is 0 Å². The molecule has 2 amide bonds. The second-order valence-corrected chi connectivity index (χ2v) is 29.9. The maximum atomic E-state index is 13.5. The summed E-state index contributed by atoms with van der Waals surface area (Å²) in [6.45, 7) is 1.25. The highest BCUT2D eigenvalue weighted by atomic mass is 16.8. The number of carbonyl (C=O) groups is 2. The number of aliphatic hydroxyl groups excluding tert-OH is 18. The lowest BCUT2D eigenvalue weighted by Crippen LogP contribution is -2.71. The van der Waals surface area contributed by atoms with Crippen molar-refractivity contribution in [2.45, 2.75) is 404 Å². The number of ether oxygens (including phenoxy) is 12. The first-order valence-electron chi connectivity index (χ1n) is 39.8. The third-order valence-corrected chi connectivity index (χ3v) is 21.3. The minimum atomic E-state index is -2.22. The van der Waals surface area contributed by atoms with E-state index in [1.165, 1.54) is 116 Å². The van der Waals surface area contributed by atoms with Crippen molar-refractivity contribution in [1.29, 1.82) is 0 Å². The minimum absolute atomic E-state index is 0.181. The van der Waals surface area contributed by atoms with Crippen LogP contribution in [0.25, 0.3) is 0 Å². The highest BCUT2D eigenvalue weighted by Crippen LogP contribution is 2.39. The number of hydrogen-bond donors (Lipinski definition) is 20. The average molecular weight is 1560 g/mol. The number of rotatable bonds is 50. The zero-order valence-corrected chi connectivity index (χ0v) is 63.4. The summed E-state index contributed by atoms with van der Waals surface area (Å²) in [5.41, 5.74) is 0. The van der Waals surface area contributed by atoms with Gasteiger partial charge in [0.25, 0.3) is 0 Å². The summed E-state index contributed by atoms with van der Waals surface area (Å²) >= 11 is 0. The Morgan fingerprint density at radius 1 is 0.380 bits per heavy atom. The number of hydrogen-bond acceptors (Lipinski definition) is 32. The van der Waals surface area contributed by atoms with Gasteiger partial charge >= 0.3 is 0 Å². The predicted molar refractivity (Wildman–Crippen MR) is 381 cm³/mol. The largest absolute Gasteiger partial charge is 0.394 e. The number of allylic oxidation sites excluding steroid dienone is 1. The van der Waals surface area contributed by atoms with Gasteiger partial charge in [0.1, 0.15) is 140 Å². The van der Waals surface area contributed by atoms with Gasteiger partial charge in [0, 0.05) is 13.3 Å². The van der Waals surface area contributed by atoms with Crippen LogP contribution in [0.15, 0.2) is 12.2 Å². The molecule has 632 valence electrons. The van der Waals surface area contributed by atoms with Crippen LogP contribution in [-0.4, -0.2) is 340 Å². The van der Waals surface area contributed by atoms with Crippen LogP contribution in [-0.2, 0) is 66.4 Å². The summed E-state index contributed by atoms with van der Waals surface area (Å²) in [6.07, 6.45) is -22.6. The molecule has 12 unspecified atom stereocenters. The van der Waals surface area contributed by atoms with Gasteiger partial charge in [0.2, 0.25) is 11.8 Å². The third kappa shape index (κ3) is 28.2. The summed E-state index contributed by atoms with van der Waals surface area (Å²) in [4.78, 5) is 26.7. The molecule has 0 spiro atoms. The van der Waals surface area contributed by atoms with Crippen LogP contribution in [0.3, 0.4) is 0 Å². The molecule has 0 aliphatic carbocycles. The Kier molecular flexibility index (Phi) is 43.7. The van der Waals surface area contributed by atoms with Crippen LogP contribution >= 0.6 is 0 Å². The fourth-order valence-corrected chi connectivity index (χ4v) is 14.6. The van der Waals surface area contributed by atoms with Crippen LogP contribution in [0, 0.1) is 0 Å². The van der Waals surface area contributed by atoms with E-state index in [4.69, 9.17) is 56.8 Å². The molecule has 0 bridgehead atoms. The zero-order chi connectivity index (χ0) is 79.0. The molecule has 6 saturated heterocycles. The van der Waals surface area contributed by atoms with Gasteiger partial charge in [-0.05, 0) is 26.2 Å². The van der Waals surface area contributed by atoms with Crippen LogP contribution in [0.1, 0.15) is 207 Å². The molecule has 0 saturated carbocycles. The monoisotopic (exact) mass is 1560 g/mol. The summed E-state index contributed by atoms with van der Waals surface area (Å²) in [7, 11) is 0. The molecule has 6 fully saturated rings. The lowest BCUT2D eigenvalue weighted by molar-refractivity contribution is -0.404. The standard InChI is InChI=1S/C74H134N2O32/c1-5-7-9-11-13-15-17-19-20-22-24-26-28-30-32-34-50(84)76-43(44(83)33-31-29-27-25-23-21-18-16-14-12-10-8-6-2)40-97-70-62(95)58(91)65(48(38-80)102-70)105-73-63(96)59(92)64(49(39-81)103-73)104-69-51(75-42(4)82)66(54(87)46(36-78)99-69)106-74-68(108-71-60(93)56(89)52(85)41(3)98-71)67(55(88)47(37-79)101-74)107-72-61(94)57(90)53(86)45(35-77)100-72/h31,33,41,43-49,51-74,77-81,83,85-96H,5-30,32,34-40H2,1-4H3,(H,75,82)(H,76,84)/b33-31+/t41?,43-,44+,45?,46?,47?,48?,49?,51?,52+,53-,54-,55-,56?,57-,58+,59+,60-,61?,62?,63?,64-,65+,66+,67-,68?,69-,70+,71+,72+,73-,74-/m0/s1. The van der Waals surface area contributed by atoms with Gasteiger partial charge in [0.15, 0.2) is 37.7 Å². The molecule has 0 radical (unpaired) electrons. The van der Waals surface area contributed by atoms with Crippen molar-refractivity contribution in [1.82, 2.24) is 10.6 Å². The molecule has 20 N–H and O–H groups in total. The van der Waals surface area contributed by atoms with E-state index < -0.39 is 242 Å². The summed E-state index contributed by atoms with van der Waals surface area (Å²) < 4.78 is 71.7. The van der Waals surface area contributed by atoms with Crippen molar-refractivity contribution < 1.29 is 158 Å². The van der Waals surface area contributed by atoms with Gasteiger partial charge in [-0.1, -0.05) is 180 Å². The van der Waals surface area contributed by atoms with E-state index in [0.29, 0.717) is 12.8 Å². The fourth-order valence-electron chi connectivity index (χ4n) is 14.6. The van der Waals surface area contributed by atoms with Gasteiger partial charge in [-0.25, -0.2) is 0 Å². The SMILES string of the molecule is CCCCCCCCCCCCC/C=C/[C@@H](O)[C@H](CO[C@@H]1OC(CO)[C@@H](O[C@@H]2OC(CO)[C@H](O[C@@H]3OC(CO)[C@H](O)[C@H](O[C@@H]4OC(CO)[C@H](O)[C@H](O[C@H]5OC(CO)[C@H](O)[C@H](O)C5O)C4O[C@H]4OC(C)[C@@H](O)C(O)[C@@H]4O)C3NC(C)=O)[C@H](O)C2O)[C@H](O)C1O)NC(=O)CCCCCCCCCCCCCCCCC. The Balaban J connectivity index is 1.12. The van der Waals surface area contributed by atoms with E-state index in [1.54, 1.807) is 6.08 Å². The second kappa shape index (κ2) is 50.1. The molecule has 6 rings (SSSR count). The maximum absolute atomic E-state index is 13.5. The Bertz CT molecular complexity index is 2450. The molecular weight excluding hydrogens is 1430 g/mol. The van der Waals surface area contributed by atoms with Crippen molar-refractivity contribution >= 4 is 11.8 Å². The summed E-state index contributed by atoms with van der Waals surface area (Å²) in [6, 6.07) is -2.91. The predicted octanol–water partition coefficient (Wildman–Crippen LogP) is -1.54. The first kappa shape index (κ1) is 94.3. The Labute approximate surface area is 634 Å². The molecule has 6 aliphatic rings. The number of aliphatic hydroxyl groups is 18. The van der Waals surface area contributed by atoms with Gasteiger partial charge < -0.3 is 159 Å². The molecule has 32 atom stereocenters. The first-order chi connectivity index (χ1) is 51.9. The number of unbranched alkanes of at least 4 members (excludes halogenated alkanes) is 25. The maximum Gasteiger partial charge on any atom is 0.220 e. The molecule has 34 heteroatoms. The number of amides is 2. The average Bonchev–Trinajstić information content (AvgIpc) is 0.762. The van der Waals surface area contributed by atoms with E-state index in [9.17, 15) is 102 Å². The highest BCUT2D eigenvalue weighted by Gasteiger charge is 2.59. The third-order valence-electron chi connectivity index (χ3n) is 21.3. The van der Waals surface area contributed by atoms with Crippen molar-refractivity contribution in [3.8, 4) is 0 Å². The highest BCUT2D eigenvalue weighted by molar-refractivity contribution is 5.76. The minimum Gasteiger partial charge on any atom is -0.394 e. The lowest BCUT2D eigenvalue weighted by atomic mass is 9.94. The van der Waals surface area contributed by atoms with Crippen LogP contribution < -0.4 is 10.6 Å². The van der Waals surface area contributed by atoms with Crippen LogP contribution in [0.5, 0.6) is 0 Å². The van der Waals surface area contributed by atoms with Gasteiger partial charge in [-0.3, -0.25) is 9.59 Å². The molecule has 0 aromatic carbocycles. The van der Waals surface area contributed by atoms with Crippen molar-refractivity contribution in [2.24, 2.45) is 0 Å². The zero-order valence-electron chi connectivity index (χ0n) is 63.4. The number of nitrogens with one attached hydrogen (secondary N) is 2. The molecule has 6 aliphatic heterocycles. The Hall–Kier alpha value is -2.52. The molecule has 0 aromatic rings. The lowest BCUT2D eigenvalue weighted by Gasteiger charge is -2.51. The van der Waals surface area contributed by atoms with E-state index in [0.717, 1.165) is 58.3 Å². The molecule has 0 aromatic heterocycles. The van der Waals surface area contributed by atoms with E-state index in [1.807, 2.05) is 6.08 Å². The van der Waals surface area contributed by atoms with Gasteiger partial charge in [0.05, 0.1) is 57.9 Å². The second-order valence-electron chi connectivity index (χ2n) is 29.9. The van der Waals surface area contributed by atoms with Crippen molar-refractivity contribution in [3.05, 3.63) is 12.2 Å². The first-order valence-corrected chi connectivity index (χ1v) is 39.8. The summed E-state index contributed by atoms with van der Waals surface area (Å²) in [5.74, 6) is -1.22. The quantitative estimate of drug-likeness (QED) is 0.0242. The number of carbonyl (C=O) groups excluding carboxylic acids is 2. The molecule has 6 heterocycles. The molecule has 108 heavy (non-hydrogen) atoms. The van der Waals surface area contributed by atoms with Crippen LogP contribution in [0.4, 0.5) is 0 Å². The van der Waals surface area contributed by atoms with Gasteiger partial charge in [-0.15, -0.1) is 0 Å². The van der Waals surface area contributed by atoms with Crippen molar-refractivity contribution in [3.63, 3.8) is 0 Å². The molecule has 34 nitrogen and oxygen atoms in total. The van der Waals surface area contributed by atoms with Crippen LogP contribution in [0.2, 0.25) is 0 Å². The summed E-state index contributed by atoms with van der Waals surface area (Å²) in [5, 5.41) is 205. The Morgan fingerprint density at radius 2 is 0.741 bits per heavy atom. The van der Waals surface area contributed by atoms with E-state index in [-0.39, 0.29) is 12.3 Å². The van der Waals surface area contributed by atoms with E-state index in [2.05, 4.69) is 24.5 Å². The topological polar surface area (TPSA) is 533 Å². The normalized spacial score (nSPS) is 38.2. The fraction of sp³-hybridized carbons (Fsp3) is 0.946. The smallest absolute Gasteiger partial charge is 0.220 e. The molecular formula is C74H134N2O32.